The molecule has 2 aromatic heterocycles. The van der Waals surface area contributed by atoms with Crippen molar-refractivity contribution in [2.75, 3.05) is 19.6 Å². The Balaban J connectivity index is 1.40. The van der Waals surface area contributed by atoms with E-state index in [0.717, 1.165) is 68.6 Å². The Hall–Kier alpha value is -2.08. The first-order valence-electron chi connectivity index (χ1n) is 10.6. The molecule has 1 fully saturated rings. The van der Waals surface area contributed by atoms with Gasteiger partial charge in [-0.2, -0.15) is 0 Å². The second-order valence-electron chi connectivity index (χ2n) is 7.78. The van der Waals surface area contributed by atoms with Crippen LogP contribution >= 0.6 is 11.3 Å². The highest BCUT2D eigenvalue weighted by Gasteiger charge is 2.26. The minimum absolute atomic E-state index is 0.0327. The third-order valence-electron chi connectivity index (χ3n) is 5.78. The molecule has 6 heteroatoms. The third kappa shape index (κ3) is 4.17. The number of thiophene rings is 1. The maximum Gasteiger partial charge on any atom is 0.254 e. The van der Waals surface area contributed by atoms with Gasteiger partial charge in [0.25, 0.3) is 5.91 Å². The van der Waals surface area contributed by atoms with Crippen LogP contribution in [0.1, 0.15) is 65.7 Å². The number of hydrogen-bond donors (Lipinski definition) is 1. The number of likely N-dealkylation sites (tertiary alicyclic amines) is 1. The molecule has 0 aromatic carbocycles. The first-order chi connectivity index (χ1) is 13.7. The van der Waals surface area contributed by atoms with E-state index < -0.39 is 0 Å². The minimum atomic E-state index is 0.0327. The Morgan fingerprint density at radius 2 is 1.82 bits per heavy atom. The van der Waals surface area contributed by atoms with Gasteiger partial charge in [-0.1, -0.05) is 6.42 Å². The number of rotatable bonds is 6. The Kier molecular flexibility index (Phi) is 6.15. The van der Waals surface area contributed by atoms with Crippen LogP contribution in [0.4, 0.5) is 0 Å². The van der Waals surface area contributed by atoms with Crippen molar-refractivity contribution in [2.45, 2.75) is 57.8 Å². The first kappa shape index (κ1) is 19.2. The molecule has 1 saturated heterocycles. The zero-order valence-electron chi connectivity index (χ0n) is 16.4. The zero-order valence-corrected chi connectivity index (χ0v) is 17.2. The quantitative estimate of drug-likeness (QED) is 0.748. The van der Waals surface area contributed by atoms with Crippen molar-refractivity contribution in [1.82, 2.24) is 14.8 Å². The molecule has 2 amide bonds. The largest absolute Gasteiger partial charge is 0.352 e. The lowest BCUT2D eigenvalue weighted by atomic mass is 9.95. The number of fused-ring (bicyclic) bond motifs is 1. The molecule has 0 saturated carbocycles. The van der Waals surface area contributed by atoms with Crippen LogP contribution < -0.4 is 5.32 Å². The van der Waals surface area contributed by atoms with Gasteiger partial charge in [-0.05, 0) is 62.6 Å². The van der Waals surface area contributed by atoms with Crippen LogP contribution in [0.2, 0.25) is 0 Å². The summed E-state index contributed by atoms with van der Waals surface area (Å²) in [6.45, 7) is 2.21. The highest BCUT2D eigenvalue weighted by atomic mass is 32.1. The molecule has 150 valence electrons. The van der Waals surface area contributed by atoms with Gasteiger partial charge in [-0.3, -0.25) is 9.59 Å². The van der Waals surface area contributed by atoms with Crippen molar-refractivity contribution >= 4 is 23.2 Å². The number of aromatic nitrogens is 1. The summed E-state index contributed by atoms with van der Waals surface area (Å²) in [4.78, 5) is 28.5. The molecule has 2 aromatic rings. The molecule has 3 heterocycles. The van der Waals surface area contributed by atoms with Gasteiger partial charge in [0.2, 0.25) is 5.91 Å². The van der Waals surface area contributed by atoms with E-state index in [-0.39, 0.29) is 11.8 Å². The monoisotopic (exact) mass is 399 g/mol. The van der Waals surface area contributed by atoms with Crippen LogP contribution in [0, 0.1) is 0 Å². The molecular weight excluding hydrogens is 370 g/mol. The summed E-state index contributed by atoms with van der Waals surface area (Å²) in [6.07, 6.45) is 13.2. The van der Waals surface area contributed by atoms with Crippen LogP contribution in [0.25, 0.3) is 5.00 Å². The fourth-order valence-corrected chi connectivity index (χ4v) is 5.62. The molecule has 0 radical (unpaired) electrons. The van der Waals surface area contributed by atoms with Crippen molar-refractivity contribution in [1.29, 1.82) is 0 Å². The normalized spacial score (nSPS) is 17.3. The van der Waals surface area contributed by atoms with Crippen LogP contribution in [0.15, 0.2) is 24.5 Å². The van der Waals surface area contributed by atoms with E-state index in [0.29, 0.717) is 13.0 Å². The Morgan fingerprint density at radius 3 is 2.68 bits per heavy atom. The van der Waals surface area contributed by atoms with E-state index in [4.69, 9.17) is 0 Å². The third-order valence-corrected chi connectivity index (χ3v) is 7.09. The van der Waals surface area contributed by atoms with Crippen LogP contribution in [0.3, 0.4) is 0 Å². The minimum Gasteiger partial charge on any atom is -0.352 e. The molecule has 0 atom stereocenters. The smallest absolute Gasteiger partial charge is 0.254 e. The van der Waals surface area contributed by atoms with Gasteiger partial charge >= 0.3 is 0 Å². The van der Waals surface area contributed by atoms with Crippen molar-refractivity contribution in [3.05, 3.63) is 40.5 Å². The molecule has 4 rings (SSSR count). The lowest BCUT2D eigenvalue weighted by molar-refractivity contribution is -0.130. The number of nitrogens with zero attached hydrogens (tertiary/aromatic N) is 2. The molecular formula is C22H29N3O2S. The highest BCUT2D eigenvalue weighted by Crippen LogP contribution is 2.36. The van der Waals surface area contributed by atoms with Gasteiger partial charge < -0.3 is 14.8 Å². The number of carbonyl (C=O) groups is 2. The van der Waals surface area contributed by atoms with E-state index in [1.165, 1.54) is 16.9 Å². The van der Waals surface area contributed by atoms with Crippen LogP contribution in [-0.4, -0.2) is 40.9 Å². The second kappa shape index (κ2) is 8.95. The topological polar surface area (TPSA) is 54.3 Å². The summed E-state index contributed by atoms with van der Waals surface area (Å²) in [5, 5.41) is 4.16. The number of hydrogen-bond acceptors (Lipinski definition) is 3. The van der Waals surface area contributed by atoms with Crippen LogP contribution in [0.5, 0.6) is 0 Å². The van der Waals surface area contributed by atoms with Gasteiger partial charge in [0.15, 0.2) is 0 Å². The van der Waals surface area contributed by atoms with Crippen molar-refractivity contribution in [2.24, 2.45) is 0 Å². The molecule has 0 spiro atoms. The molecule has 1 aliphatic carbocycles. The fourth-order valence-electron chi connectivity index (χ4n) is 4.27. The zero-order chi connectivity index (χ0) is 19.3. The summed E-state index contributed by atoms with van der Waals surface area (Å²) in [5.74, 6) is 0.302. The Labute approximate surface area is 170 Å². The van der Waals surface area contributed by atoms with Gasteiger partial charge in [-0.25, -0.2) is 0 Å². The number of aryl methyl sites for hydroxylation is 1. The Morgan fingerprint density at radius 1 is 1.04 bits per heavy atom. The molecule has 1 aliphatic heterocycles. The molecule has 28 heavy (non-hydrogen) atoms. The maximum absolute atomic E-state index is 13.1. The van der Waals surface area contributed by atoms with E-state index in [2.05, 4.69) is 9.88 Å². The van der Waals surface area contributed by atoms with Gasteiger partial charge in [0, 0.05) is 43.3 Å². The summed E-state index contributed by atoms with van der Waals surface area (Å²) in [7, 11) is 0. The van der Waals surface area contributed by atoms with Gasteiger partial charge in [0.05, 0.1) is 5.56 Å². The average Bonchev–Trinajstić information content (AvgIpc) is 3.31. The maximum atomic E-state index is 13.1. The standard InChI is InChI=1S/C22H29N3O2S/c26-19-11-2-1-5-13-24(19)16-8-12-23-21(27)20-17-9-3-4-10-18(17)28-22(20)25-14-6-7-15-25/h6-7,14-15H,1-5,8-13,16H2,(H,23,27). The summed E-state index contributed by atoms with van der Waals surface area (Å²) >= 11 is 1.76. The molecule has 1 N–H and O–H groups in total. The lowest BCUT2D eigenvalue weighted by Gasteiger charge is -2.20. The number of nitrogens with one attached hydrogen (secondary N) is 1. The first-order valence-corrected chi connectivity index (χ1v) is 11.4. The van der Waals surface area contributed by atoms with Gasteiger partial charge in [-0.15, -0.1) is 11.3 Å². The summed E-state index contributed by atoms with van der Waals surface area (Å²) in [6, 6.07) is 4.00. The molecule has 5 nitrogen and oxygen atoms in total. The van der Waals surface area contributed by atoms with Crippen molar-refractivity contribution in [3.63, 3.8) is 0 Å². The summed E-state index contributed by atoms with van der Waals surface area (Å²) < 4.78 is 2.06. The van der Waals surface area contributed by atoms with E-state index >= 15 is 0 Å². The van der Waals surface area contributed by atoms with E-state index in [1.54, 1.807) is 11.3 Å². The average molecular weight is 400 g/mol. The van der Waals surface area contributed by atoms with Gasteiger partial charge in [0.1, 0.15) is 5.00 Å². The SMILES string of the molecule is O=C(NCCCN1CCCCCC1=O)c1c(-n2cccc2)sc2c1CCCC2. The highest BCUT2D eigenvalue weighted by molar-refractivity contribution is 7.15. The second-order valence-corrected chi connectivity index (χ2v) is 8.87. The molecule has 2 aliphatic rings. The number of amides is 2. The Bertz CT molecular complexity index is 825. The van der Waals surface area contributed by atoms with Crippen LogP contribution in [-0.2, 0) is 17.6 Å². The summed E-state index contributed by atoms with van der Waals surface area (Å²) in [5.41, 5.74) is 2.11. The lowest BCUT2D eigenvalue weighted by Crippen LogP contribution is -2.34. The van der Waals surface area contributed by atoms with Crippen molar-refractivity contribution < 1.29 is 9.59 Å². The molecule has 0 unspecified atom stereocenters. The van der Waals surface area contributed by atoms with Crippen molar-refractivity contribution in [3.8, 4) is 5.00 Å². The molecule has 0 bridgehead atoms. The van der Waals surface area contributed by atoms with E-state index in [9.17, 15) is 9.59 Å². The predicted molar refractivity (Wildman–Crippen MR) is 112 cm³/mol. The fraction of sp³-hybridized carbons (Fsp3) is 0.545. The predicted octanol–water partition coefficient (Wildman–Crippen LogP) is 3.94. The number of carbonyl (C=O) groups excluding carboxylic acids is 2. The van der Waals surface area contributed by atoms with E-state index in [1.807, 2.05) is 29.4 Å².